The molecule has 0 aliphatic carbocycles. The second kappa shape index (κ2) is 3.94. The van der Waals surface area contributed by atoms with Gasteiger partial charge in [0, 0.05) is 18.1 Å². The monoisotopic (exact) mass is 183 g/mol. The quantitative estimate of drug-likeness (QED) is 0.739. The maximum atomic E-state index is 8.95. The summed E-state index contributed by atoms with van der Waals surface area (Å²) in [5, 5.41) is 8.95. The Labute approximate surface area is 78.5 Å². The molecule has 3 N–H and O–H groups in total. The van der Waals surface area contributed by atoms with E-state index in [0.717, 1.165) is 5.76 Å². The van der Waals surface area contributed by atoms with E-state index in [9.17, 15) is 0 Å². The molecule has 0 radical (unpaired) electrons. The average Bonchev–Trinajstić information content (AvgIpc) is 2.56. The molecule has 0 fully saturated rings. The first-order valence-electron chi connectivity index (χ1n) is 4.51. The van der Waals surface area contributed by atoms with Crippen LogP contribution < -0.4 is 5.73 Å². The standard InChI is InChI=1S/C10H17NO2/c1-8(11)10(2,5-6-12)9-4-3-7-13-9/h3-4,7-8,12H,5-6,11H2,1-2H3. The van der Waals surface area contributed by atoms with Gasteiger partial charge >= 0.3 is 0 Å². The molecule has 1 rings (SSSR count). The summed E-state index contributed by atoms with van der Waals surface area (Å²) in [4.78, 5) is 0. The van der Waals surface area contributed by atoms with Crippen LogP contribution in [0.25, 0.3) is 0 Å². The third kappa shape index (κ3) is 1.92. The van der Waals surface area contributed by atoms with Crippen molar-refractivity contribution < 1.29 is 9.52 Å². The summed E-state index contributed by atoms with van der Waals surface area (Å²) in [7, 11) is 0. The van der Waals surface area contributed by atoms with E-state index in [1.165, 1.54) is 0 Å². The number of aliphatic hydroxyl groups excluding tert-OH is 1. The molecule has 0 aromatic carbocycles. The lowest BCUT2D eigenvalue weighted by atomic mass is 9.78. The normalized spacial score (nSPS) is 18.2. The Morgan fingerprint density at radius 1 is 1.69 bits per heavy atom. The van der Waals surface area contributed by atoms with Crippen LogP contribution in [0.3, 0.4) is 0 Å². The molecule has 0 saturated carbocycles. The second-order valence-electron chi connectivity index (χ2n) is 3.66. The summed E-state index contributed by atoms with van der Waals surface area (Å²) in [6.07, 6.45) is 2.26. The van der Waals surface area contributed by atoms with Gasteiger partial charge in [-0.15, -0.1) is 0 Å². The fraction of sp³-hybridized carbons (Fsp3) is 0.600. The lowest BCUT2D eigenvalue weighted by Gasteiger charge is -2.30. The van der Waals surface area contributed by atoms with Crippen molar-refractivity contribution in [1.82, 2.24) is 0 Å². The Morgan fingerprint density at radius 2 is 2.38 bits per heavy atom. The average molecular weight is 183 g/mol. The van der Waals surface area contributed by atoms with Crippen molar-refractivity contribution in [3.05, 3.63) is 24.2 Å². The topological polar surface area (TPSA) is 59.4 Å². The first kappa shape index (κ1) is 10.3. The number of hydrogen-bond acceptors (Lipinski definition) is 3. The maximum Gasteiger partial charge on any atom is 0.111 e. The van der Waals surface area contributed by atoms with E-state index < -0.39 is 0 Å². The van der Waals surface area contributed by atoms with E-state index in [1.807, 2.05) is 26.0 Å². The van der Waals surface area contributed by atoms with Crippen LogP contribution in [0.1, 0.15) is 26.0 Å². The van der Waals surface area contributed by atoms with Gasteiger partial charge in [-0.2, -0.15) is 0 Å². The predicted molar refractivity (Wildman–Crippen MR) is 51.4 cm³/mol. The highest BCUT2D eigenvalue weighted by Crippen LogP contribution is 2.30. The molecule has 2 unspecified atom stereocenters. The molecular weight excluding hydrogens is 166 g/mol. The van der Waals surface area contributed by atoms with Gasteiger partial charge < -0.3 is 15.3 Å². The third-order valence-electron chi connectivity index (χ3n) is 2.72. The molecule has 1 aromatic heterocycles. The molecule has 0 amide bonds. The molecule has 0 saturated heterocycles. The summed E-state index contributed by atoms with van der Waals surface area (Å²) >= 11 is 0. The second-order valence-corrected chi connectivity index (χ2v) is 3.66. The van der Waals surface area contributed by atoms with Gasteiger partial charge in [-0.05, 0) is 25.5 Å². The first-order valence-corrected chi connectivity index (χ1v) is 4.51. The zero-order chi connectivity index (χ0) is 9.90. The van der Waals surface area contributed by atoms with E-state index in [0.29, 0.717) is 6.42 Å². The van der Waals surface area contributed by atoms with Crippen molar-refractivity contribution in [2.45, 2.75) is 31.7 Å². The summed E-state index contributed by atoms with van der Waals surface area (Å²) in [5.74, 6) is 0.844. The Balaban J connectivity index is 2.91. The van der Waals surface area contributed by atoms with Gasteiger partial charge in [0.2, 0.25) is 0 Å². The van der Waals surface area contributed by atoms with Crippen molar-refractivity contribution in [3.63, 3.8) is 0 Å². The third-order valence-corrected chi connectivity index (χ3v) is 2.72. The van der Waals surface area contributed by atoms with Crippen molar-refractivity contribution in [2.24, 2.45) is 5.73 Å². The van der Waals surface area contributed by atoms with Crippen LogP contribution >= 0.6 is 0 Å². The minimum atomic E-state index is -0.266. The summed E-state index contributed by atoms with van der Waals surface area (Å²) in [5.41, 5.74) is 5.61. The minimum Gasteiger partial charge on any atom is -0.469 e. The molecule has 1 heterocycles. The van der Waals surface area contributed by atoms with Crippen LogP contribution in [-0.4, -0.2) is 17.8 Å². The molecular formula is C10H17NO2. The van der Waals surface area contributed by atoms with Crippen molar-refractivity contribution in [3.8, 4) is 0 Å². The number of hydrogen-bond donors (Lipinski definition) is 2. The van der Waals surface area contributed by atoms with Crippen LogP contribution in [0.2, 0.25) is 0 Å². The molecule has 3 heteroatoms. The summed E-state index contributed by atoms with van der Waals surface area (Å²) in [6.45, 7) is 4.06. The Morgan fingerprint density at radius 3 is 2.77 bits per heavy atom. The van der Waals surface area contributed by atoms with Gasteiger partial charge in [0.25, 0.3) is 0 Å². The predicted octanol–water partition coefficient (Wildman–Crippen LogP) is 1.27. The van der Waals surface area contributed by atoms with Crippen molar-refractivity contribution in [2.75, 3.05) is 6.61 Å². The van der Waals surface area contributed by atoms with Crippen LogP contribution in [0.15, 0.2) is 22.8 Å². The lowest BCUT2D eigenvalue weighted by Crippen LogP contribution is -2.41. The fourth-order valence-corrected chi connectivity index (χ4v) is 1.41. The molecule has 74 valence electrons. The molecule has 1 aromatic rings. The smallest absolute Gasteiger partial charge is 0.111 e. The lowest BCUT2D eigenvalue weighted by molar-refractivity contribution is 0.209. The van der Waals surface area contributed by atoms with Crippen molar-refractivity contribution >= 4 is 0 Å². The fourth-order valence-electron chi connectivity index (χ4n) is 1.41. The van der Waals surface area contributed by atoms with Gasteiger partial charge in [-0.3, -0.25) is 0 Å². The van der Waals surface area contributed by atoms with E-state index in [1.54, 1.807) is 6.26 Å². The number of aliphatic hydroxyl groups is 1. The molecule has 0 spiro atoms. The van der Waals surface area contributed by atoms with Crippen LogP contribution in [-0.2, 0) is 5.41 Å². The minimum absolute atomic E-state index is 0.0363. The van der Waals surface area contributed by atoms with Gasteiger partial charge in [-0.1, -0.05) is 6.92 Å². The van der Waals surface area contributed by atoms with Gasteiger partial charge in [-0.25, -0.2) is 0 Å². The zero-order valence-electron chi connectivity index (χ0n) is 8.16. The molecule has 0 bridgehead atoms. The van der Waals surface area contributed by atoms with Gasteiger partial charge in [0.1, 0.15) is 5.76 Å². The number of rotatable bonds is 4. The number of nitrogens with two attached hydrogens (primary N) is 1. The highest BCUT2D eigenvalue weighted by molar-refractivity contribution is 5.15. The van der Waals surface area contributed by atoms with Crippen molar-refractivity contribution in [1.29, 1.82) is 0 Å². The SMILES string of the molecule is CC(N)C(C)(CCO)c1ccco1. The maximum absolute atomic E-state index is 8.95. The molecule has 0 aliphatic rings. The van der Waals surface area contributed by atoms with E-state index >= 15 is 0 Å². The Bertz CT molecular complexity index is 243. The Hall–Kier alpha value is -0.800. The number of furan rings is 1. The van der Waals surface area contributed by atoms with E-state index in [-0.39, 0.29) is 18.1 Å². The molecule has 13 heavy (non-hydrogen) atoms. The van der Waals surface area contributed by atoms with Gasteiger partial charge in [0.15, 0.2) is 0 Å². The van der Waals surface area contributed by atoms with Crippen LogP contribution in [0.5, 0.6) is 0 Å². The Kier molecular flexibility index (Phi) is 3.12. The summed E-state index contributed by atoms with van der Waals surface area (Å²) < 4.78 is 5.32. The van der Waals surface area contributed by atoms with Gasteiger partial charge in [0.05, 0.1) is 6.26 Å². The van der Waals surface area contributed by atoms with E-state index in [2.05, 4.69) is 0 Å². The highest BCUT2D eigenvalue weighted by atomic mass is 16.3. The van der Waals surface area contributed by atoms with Crippen LogP contribution in [0.4, 0.5) is 0 Å². The zero-order valence-corrected chi connectivity index (χ0v) is 8.16. The molecule has 3 nitrogen and oxygen atoms in total. The highest BCUT2D eigenvalue weighted by Gasteiger charge is 2.32. The summed E-state index contributed by atoms with van der Waals surface area (Å²) in [6, 6.07) is 3.71. The van der Waals surface area contributed by atoms with E-state index in [4.69, 9.17) is 15.3 Å². The molecule has 0 aliphatic heterocycles. The molecule has 2 atom stereocenters. The first-order chi connectivity index (χ1) is 6.11. The largest absolute Gasteiger partial charge is 0.469 e. The van der Waals surface area contributed by atoms with Crippen LogP contribution in [0, 0.1) is 0 Å².